The maximum atomic E-state index is 6.45. The summed E-state index contributed by atoms with van der Waals surface area (Å²) in [6.45, 7) is 4.34. The van der Waals surface area contributed by atoms with Crippen LogP contribution in [0.25, 0.3) is 11.3 Å². The van der Waals surface area contributed by atoms with Gasteiger partial charge in [-0.2, -0.15) is 0 Å². The van der Waals surface area contributed by atoms with E-state index in [2.05, 4.69) is 76.1 Å². The molecule has 0 radical (unpaired) electrons. The van der Waals surface area contributed by atoms with E-state index in [-0.39, 0.29) is 12.1 Å². The first-order chi connectivity index (χ1) is 14.2. The Morgan fingerprint density at radius 1 is 1.21 bits per heavy atom. The molecule has 0 saturated carbocycles. The van der Waals surface area contributed by atoms with Crippen LogP contribution in [0.1, 0.15) is 42.4 Å². The zero-order chi connectivity index (χ0) is 20.0. The minimum absolute atomic E-state index is 0.0397. The number of aliphatic imine (C=N–C) groups is 1. The van der Waals surface area contributed by atoms with E-state index in [9.17, 15) is 0 Å². The van der Waals surface area contributed by atoms with Gasteiger partial charge in [0, 0.05) is 28.0 Å². The largest absolute Gasteiger partial charge is 0.459 e. The van der Waals surface area contributed by atoms with Gasteiger partial charge in [0.05, 0.1) is 5.69 Å². The molecule has 0 spiro atoms. The quantitative estimate of drug-likeness (QED) is 0.445. The van der Waals surface area contributed by atoms with Crippen LogP contribution in [0, 0.1) is 6.92 Å². The van der Waals surface area contributed by atoms with Gasteiger partial charge in [-0.1, -0.05) is 46.7 Å². The molecule has 4 nitrogen and oxygen atoms in total. The molecule has 0 amide bonds. The summed E-state index contributed by atoms with van der Waals surface area (Å²) < 4.78 is 7.49. The van der Waals surface area contributed by atoms with Crippen LogP contribution in [-0.4, -0.2) is 26.8 Å². The lowest BCUT2D eigenvalue weighted by atomic mass is 10.0. The van der Waals surface area contributed by atoms with Crippen molar-refractivity contribution in [3.63, 3.8) is 0 Å². The van der Waals surface area contributed by atoms with E-state index in [1.807, 2.05) is 30.1 Å². The number of hydrogen-bond acceptors (Lipinski definition) is 5. The Bertz CT molecular complexity index is 1060. The SMILES string of the molecule is CC[C@@H]1CSC2=N[C@H](c3ccccn3)[C@@H](c3ccc(-c4ccc(C)cc4Br)o3)N21. The lowest BCUT2D eigenvalue weighted by Gasteiger charge is -2.30. The summed E-state index contributed by atoms with van der Waals surface area (Å²) in [6.07, 6.45) is 2.94. The van der Waals surface area contributed by atoms with Crippen LogP contribution >= 0.6 is 27.7 Å². The molecular weight excluding hydrogens is 446 g/mol. The molecule has 29 heavy (non-hydrogen) atoms. The Kier molecular flexibility index (Phi) is 5.00. The summed E-state index contributed by atoms with van der Waals surface area (Å²) in [5.41, 5.74) is 3.28. The lowest BCUT2D eigenvalue weighted by molar-refractivity contribution is 0.226. The first-order valence-electron chi connectivity index (χ1n) is 9.92. The van der Waals surface area contributed by atoms with Crippen LogP contribution in [0.2, 0.25) is 0 Å². The minimum atomic E-state index is -0.0477. The predicted molar refractivity (Wildman–Crippen MR) is 122 cm³/mol. The highest BCUT2D eigenvalue weighted by atomic mass is 79.9. The van der Waals surface area contributed by atoms with Gasteiger partial charge in [-0.3, -0.25) is 4.98 Å². The van der Waals surface area contributed by atoms with E-state index in [4.69, 9.17) is 9.41 Å². The topological polar surface area (TPSA) is 41.6 Å². The second-order valence-electron chi connectivity index (χ2n) is 7.52. The van der Waals surface area contributed by atoms with Crippen molar-refractivity contribution in [2.45, 2.75) is 38.4 Å². The van der Waals surface area contributed by atoms with Gasteiger partial charge in [0.2, 0.25) is 0 Å². The standard InChI is InChI=1S/C23H22BrN3OS/c1-3-15-13-29-23-26-21(18-6-4-5-11-25-18)22(27(15)23)20-10-9-19(28-20)16-8-7-14(2)12-17(16)24/h4-12,15,21-22H,3,13H2,1-2H3/t15-,21-,22-/m1/s1. The van der Waals surface area contributed by atoms with Gasteiger partial charge < -0.3 is 9.32 Å². The zero-order valence-electron chi connectivity index (χ0n) is 16.4. The van der Waals surface area contributed by atoms with E-state index in [1.54, 1.807) is 0 Å². The molecule has 3 atom stereocenters. The van der Waals surface area contributed by atoms with Crippen molar-refractivity contribution in [1.29, 1.82) is 0 Å². The van der Waals surface area contributed by atoms with Crippen molar-refractivity contribution >= 4 is 32.9 Å². The molecule has 2 aromatic heterocycles. The lowest BCUT2D eigenvalue weighted by Crippen LogP contribution is -2.35. The second-order valence-corrected chi connectivity index (χ2v) is 9.36. The fourth-order valence-corrected chi connectivity index (χ4v) is 6.16. The number of nitrogens with zero attached hydrogens (tertiary/aromatic N) is 3. The molecular formula is C23H22BrN3OS. The highest BCUT2D eigenvalue weighted by molar-refractivity contribution is 9.10. The van der Waals surface area contributed by atoms with E-state index in [1.165, 1.54) is 5.56 Å². The summed E-state index contributed by atoms with van der Waals surface area (Å²) in [6, 6.07) is 17.0. The summed E-state index contributed by atoms with van der Waals surface area (Å²) in [4.78, 5) is 12.1. The van der Waals surface area contributed by atoms with Gasteiger partial charge in [0.1, 0.15) is 23.6 Å². The van der Waals surface area contributed by atoms with Crippen LogP contribution in [0.5, 0.6) is 0 Å². The average Bonchev–Trinajstić information content (AvgIpc) is 3.43. The van der Waals surface area contributed by atoms with E-state index >= 15 is 0 Å². The monoisotopic (exact) mass is 467 g/mol. The summed E-state index contributed by atoms with van der Waals surface area (Å²) >= 11 is 5.53. The van der Waals surface area contributed by atoms with Gasteiger partial charge in [-0.15, -0.1) is 0 Å². The first-order valence-corrected chi connectivity index (χ1v) is 11.7. The number of amidine groups is 1. The number of rotatable bonds is 4. The minimum Gasteiger partial charge on any atom is -0.459 e. The molecule has 148 valence electrons. The Morgan fingerprint density at radius 2 is 2.10 bits per heavy atom. The molecule has 1 saturated heterocycles. The maximum Gasteiger partial charge on any atom is 0.161 e. The van der Waals surface area contributed by atoms with Crippen LogP contribution in [0.4, 0.5) is 0 Å². The molecule has 6 heteroatoms. The fraction of sp³-hybridized carbons (Fsp3) is 0.304. The highest BCUT2D eigenvalue weighted by Gasteiger charge is 2.46. The number of pyridine rings is 1. The van der Waals surface area contributed by atoms with Crippen molar-refractivity contribution in [2.24, 2.45) is 4.99 Å². The smallest absolute Gasteiger partial charge is 0.161 e. The number of fused-ring (bicyclic) bond motifs is 1. The molecule has 5 rings (SSSR count). The molecule has 1 aromatic carbocycles. The Labute approximate surface area is 183 Å². The van der Waals surface area contributed by atoms with Gasteiger partial charge in [0.15, 0.2) is 5.17 Å². The molecule has 4 heterocycles. The second kappa shape index (κ2) is 7.65. The number of furan rings is 1. The zero-order valence-corrected chi connectivity index (χ0v) is 18.8. The van der Waals surface area contributed by atoms with Crippen molar-refractivity contribution < 1.29 is 4.42 Å². The average molecular weight is 468 g/mol. The van der Waals surface area contributed by atoms with E-state index in [0.717, 1.165) is 44.6 Å². The molecule has 2 aliphatic rings. The molecule has 0 bridgehead atoms. The molecule has 0 unspecified atom stereocenters. The number of thioether (sulfide) groups is 1. The van der Waals surface area contributed by atoms with Crippen LogP contribution < -0.4 is 0 Å². The summed E-state index contributed by atoms with van der Waals surface area (Å²) in [7, 11) is 0. The predicted octanol–water partition coefficient (Wildman–Crippen LogP) is 6.39. The molecule has 3 aromatic rings. The fourth-order valence-electron chi connectivity index (χ4n) is 4.14. The van der Waals surface area contributed by atoms with Crippen LogP contribution in [0.3, 0.4) is 0 Å². The normalized spacial score (nSPS) is 23.3. The van der Waals surface area contributed by atoms with Crippen molar-refractivity contribution in [2.75, 3.05) is 5.75 Å². The molecule has 0 aliphatic carbocycles. The van der Waals surface area contributed by atoms with Crippen molar-refractivity contribution in [1.82, 2.24) is 9.88 Å². The van der Waals surface area contributed by atoms with Crippen molar-refractivity contribution in [3.8, 4) is 11.3 Å². The summed E-state index contributed by atoms with van der Waals surface area (Å²) in [5.74, 6) is 2.90. The van der Waals surface area contributed by atoms with E-state index in [0.29, 0.717) is 6.04 Å². The number of hydrogen-bond donors (Lipinski definition) is 0. The van der Waals surface area contributed by atoms with Gasteiger partial charge in [0.25, 0.3) is 0 Å². The number of halogens is 1. The Balaban J connectivity index is 1.56. The molecule has 0 N–H and O–H groups in total. The molecule has 1 fully saturated rings. The van der Waals surface area contributed by atoms with E-state index < -0.39 is 0 Å². The van der Waals surface area contributed by atoms with Crippen molar-refractivity contribution in [3.05, 3.63) is 76.2 Å². The van der Waals surface area contributed by atoms with Crippen LogP contribution in [-0.2, 0) is 0 Å². The van der Waals surface area contributed by atoms with Gasteiger partial charge in [-0.25, -0.2) is 4.99 Å². The van der Waals surface area contributed by atoms with Crippen LogP contribution in [0.15, 0.2) is 68.6 Å². The first kappa shape index (κ1) is 18.9. The summed E-state index contributed by atoms with van der Waals surface area (Å²) in [5, 5.41) is 1.12. The van der Waals surface area contributed by atoms with Gasteiger partial charge in [-0.05, 0) is 55.3 Å². The molecule has 2 aliphatic heterocycles. The third-order valence-electron chi connectivity index (χ3n) is 5.64. The maximum absolute atomic E-state index is 6.45. The third-order valence-corrected chi connectivity index (χ3v) is 7.42. The number of benzene rings is 1. The number of aromatic nitrogens is 1. The number of aryl methyl sites for hydroxylation is 1. The van der Waals surface area contributed by atoms with Gasteiger partial charge >= 0.3 is 0 Å². The highest BCUT2D eigenvalue weighted by Crippen LogP contribution is 2.49. The third kappa shape index (κ3) is 3.32. The Morgan fingerprint density at radius 3 is 2.86 bits per heavy atom. The Hall–Kier alpha value is -2.05.